The molecule has 1 atom stereocenters. The molecule has 1 aliphatic rings. The number of carboxylic acids is 1. The molecule has 5 rings (SSSR count). The van der Waals surface area contributed by atoms with Gasteiger partial charge in [0.25, 0.3) is 0 Å². The number of nitrogens with zero attached hydrogens (tertiary/aromatic N) is 6. The Morgan fingerprint density at radius 3 is 2.07 bits per heavy atom. The van der Waals surface area contributed by atoms with Crippen molar-refractivity contribution in [3.63, 3.8) is 0 Å². The number of nitrogens with two attached hydrogens (primary N) is 1. The van der Waals surface area contributed by atoms with Crippen molar-refractivity contribution in [1.82, 2.24) is 35.8 Å². The van der Waals surface area contributed by atoms with Crippen LogP contribution in [0.5, 0.6) is 5.88 Å². The number of tetrazole rings is 1. The van der Waals surface area contributed by atoms with E-state index in [1.54, 1.807) is 35.4 Å². The minimum absolute atomic E-state index is 0.161. The molecule has 2 aromatic carbocycles. The van der Waals surface area contributed by atoms with Gasteiger partial charge in [-0.3, -0.25) is 14.5 Å². The topological polar surface area (TPSA) is 219 Å². The number of alkyl halides is 3. The van der Waals surface area contributed by atoms with Crippen molar-refractivity contribution in [3.05, 3.63) is 72.4 Å². The first-order chi connectivity index (χ1) is 28.3. The number of anilines is 1. The fourth-order valence-electron chi connectivity index (χ4n) is 6.44. The lowest BCUT2D eigenvalue weighted by Gasteiger charge is -2.36. The molecule has 1 aliphatic carbocycles. The van der Waals surface area contributed by atoms with Crippen molar-refractivity contribution in [2.24, 2.45) is 17.6 Å². The Bertz CT molecular complexity index is 1980. The molecule has 0 bridgehead atoms. The summed E-state index contributed by atoms with van der Waals surface area (Å²) in [6, 6.07) is 17.9. The second-order valence-electron chi connectivity index (χ2n) is 15.6. The lowest BCUT2D eigenvalue weighted by atomic mass is 9.81. The highest BCUT2D eigenvalue weighted by Gasteiger charge is 2.38. The van der Waals surface area contributed by atoms with E-state index in [0.29, 0.717) is 48.9 Å². The number of hydrogen-bond donors (Lipinski definition) is 4. The molecule has 3 amide bonds. The van der Waals surface area contributed by atoms with Crippen molar-refractivity contribution in [2.45, 2.75) is 77.1 Å². The highest BCUT2D eigenvalue weighted by Crippen LogP contribution is 2.33. The molecule has 4 aromatic rings. The van der Waals surface area contributed by atoms with Crippen LogP contribution in [0, 0.1) is 11.8 Å². The summed E-state index contributed by atoms with van der Waals surface area (Å²) in [5, 5.41) is 24.2. The number of carbonyl (C=O) groups is 4. The van der Waals surface area contributed by atoms with Crippen molar-refractivity contribution in [2.75, 3.05) is 38.7 Å². The van der Waals surface area contributed by atoms with Gasteiger partial charge >= 0.3 is 18.2 Å². The number of pyridine rings is 1. The van der Waals surface area contributed by atoms with Gasteiger partial charge in [0.2, 0.25) is 23.5 Å². The average Bonchev–Trinajstić information content (AvgIpc) is 3.74. The Balaban J connectivity index is 0.00000104. The second kappa shape index (κ2) is 21.2. The van der Waals surface area contributed by atoms with Crippen LogP contribution in [0.25, 0.3) is 22.5 Å². The zero-order chi connectivity index (χ0) is 44.0. The fourth-order valence-corrected chi connectivity index (χ4v) is 6.44. The maximum atomic E-state index is 14.4. The van der Waals surface area contributed by atoms with E-state index in [-0.39, 0.29) is 24.2 Å². The molecule has 0 spiro atoms. The predicted molar refractivity (Wildman–Crippen MR) is 216 cm³/mol. The number of carbonyl (C=O) groups excluding carboxylic acids is 3. The SMILES string of the molecule is CN(C)CCCOc1ccc(-c2ccc(C[C@@H](C(N)=O)N(C(=O)C3CCC(CNC(=O)OC(C)(C)C)CC3)c3ccc(-c4nn[nH]n4)cc3)cc2)cn1.O=C(O)C(F)(F)F. The third kappa shape index (κ3) is 14.6. The number of aliphatic carboxylic acids is 1. The Morgan fingerprint density at radius 1 is 0.933 bits per heavy atom. The average molecular weight is 840 g/mol. The molecule has 19 heteroatoms. The first-order valence-electron chi connectivity index (χ1n) is 19.4. The van der Waals surface area contributed by atoms with Crippen LogP contribution in [0.15, 0.2) is 66.9 Å². The third-order valence-corrected chi connectivity index (χ3v) is 9.45. The van der Waals surface area contributed by atoms with Gasteiger partial charge < -0.3 is 30.5 Å². The van der Waals surface area contributed by atoms with Crippen molar-refractivity contribution >= 4 is 29.6 Å². The van der Waals surface area contributed by atoms with Crippen molar-refractivity contribution < 1.29 is 46.9 Å². The Hall–Kier alpha value is -6.11. The molecule has 0 unspecified atom stereocenters. The second-order valence-corrected chi connectivity index (χ2v) is 15.6. The maximum Gasteiger partial charge on any atom is 0.490 e. The van der Waals surface area contributed by atoms with E-state index in [2.05, 4.69) is 35.8 Å². The van der Waals surface area contributed by atoms with E-state index in [4.69, 9.17) is 25.1 Å². The zero-order valence-electron chi connectivity index (χ0n) is 34.2. The lowest BCUT2D eigenvalue weighted by molar-refractivity contribution is -0.192. The first-order valence-corrected chi connectivity index (χ1v) is 19.4. The molecule has 2 heterocycles. The van der Waals surface area contributed by atoms with E-state index in [0.717, 1.165) is 42.5 Å². The van der Waals surface area contributed by atoms with Gasteiger partial charge in [0.15, 0.2) is 0 Å². The number of carboxylic acid groups (broad SMARTS) is 1. The standard InChI is InChI=1S/C39H51N9O5.C2HF3O2/c1-39(2,3)53-38(51)42-24-27-9-13-30(14-10-27)37(50)48(32-18-15-29(16-19-32)36-43-45-46-44-36)33(35(40)49)23-26-7-11-28(12-8-26)31-17-20-34(41-25-31)52-22-6-21-47(4)5;3-2(4,5)1(6)7/h7-8,11-12,15-20,25,27,30,33H,6,9-10,13-14,21-24H2,1-5H3,(H2,40,49)(H,42,51)(H,43,44,45,46);(H,6,7)/t27?,30?,33-;/m0./s1. The lowest BCUT2D eigenvalue weighted by Crippen LogP contribution is -2.52. The minimum atomic E-state index is -5.08. The van der Waals surface area contributed by atoms with Gasteiger partial charge in [-0.2, -0.15) is 18.4 Å². The fraction of sp³-hybridized carbons (Fsp3) is 0.463. The number of amides is 3. The molecule has 324 valence electrons. The molecule has 2 aromatic heterocycles. The minimum Gasteiger partial charge on any atom is -0.478 e. The largest absolute Gasteiger partial charge is 0.490 e. The van der Waals surface area contributed by atoms with Crippen LogP contribution in [0.4, 0.5) is 23.7 Å². The highest BCUT2D eigenvalue weighted by molar-refractivity contribution is 6.01. The quantitative estimate of drug-likeness (QED) is 0.107. The Labute approximate surface area is 346 Å². The number of benzene rings is 2. The molecule has 0 aliphatic heterocycles. The number of alkyl carbamates (subject to hydrolysis) is 1. The van der Waals surface area contributed by atoms with Crippen LogP contribution in [0.2, 0.25) is 0 Å². The summed E-state index contributed by atoms with van der Waals surface area (Å²) in [7, 11) is 4.06. The monoisotopic (exact) mass is 839 g/mol. The number of primary amides is 1. The Kier molecular flexibility index (Phi) is 16.5. The summed E-state index contributed by atoms with van der Waals surface area (Å²) in [5.41, 5.74) is 9.50. The molecule has 5 N–H and O–H groups in total. The first kappa shape index (κ1) is 46.6. The molecule has 0 radical (unpaired) electrons. The van der Waals surface area contributed by atoms with Gasteiger partial charge in [-0.05, 0) is 120 Å². The highest BCUT2D eigenvalue weighted by atomic mass is 19.4. The molecule has 1 saturated carbocycles. The van der Waals surface area contributed by atoms with Gasteiger partial charge in [-0.1, -0.05) is 24.3 Å². The van der Waals surface area contributed by atoms with Gasteiger partial charge in [-0.15, -0.1) is 10.2 Å². The molecular weight excluding hydrogens is 788 g/mol. The Morgan fingerprint density at radius 2 is 1.55 bits per heavy atom. The number of rotatable bonds is 15. The summed E-state index contributed by atoms with van der Waals surface area (Å²) in [4.78, 5) is 56.9. The summed E-state index contributed by atoms with van der Waals surface area (Å²) in [6.07, 6.45) is 0.111. The van der Waals surface area contributed by atoms with E-state index in [1.807, 2.05) is 71.3 Å². The van der Waals surface area contributed by atoms with Crippen LogP contribution in [-0.2, 0) is 25.5 Å². The molecule has 1 fully saturated rings. The zero-order valence-corrected chi connectivity index (χ0v) is 34.2. The normalized spacial score (nSPS) is 15.9. The van der Waals surface area contributed by atoms with Crippen molar-refractivity contribution in [1.29, 1.82) is 0 Å². The predicted octanol–water partition coefficient (Wildman–Crippen LogP) is 5.65. The number of nitrogens with one attached hydrogen (secondary N) is 2. The number of aromatic amines is 1. The molecular formula is C41H52F3N9O7. The van der Waals surface area contributed by atoms with E-state index >= 15 is 0 Å². The molecule has 60 heavy (non-hydrogen) atoms. The summed E-state index contributed by atoms with van der Waals surface area (Å²) in [6.45, 7) is 7.48. The van der Waals surface area contributed by atoms with Gasteiger partial charge in [0.1, 0.15) is 11.6 Å². The van der Waals surface area contributed by atoms with Crippen LogP contribution >= 0.6 is 0 Å². The number of aromatic nitrogens is 5. The number of halogens is 3. The maximum absolute atomic E-state index is 14.4. The van der Waals surface area contributed by atoms with Crippen LogP contribution in [-0.4, -0.2) is 111 Å². The number of hydrogen-bond acceptors (Lipinski definition) is 11. The van der Waals surface area contributed by atoms with Crippen molar-refractivity contribution in [3.8, 4) is 28.4 Å². The van der Waals surface area contributed by atoms with E-state index in [9.17, 15) is 27.6 Å². The van der Waals surface area contributed by atoms with E-state index < -0.39 is 35.8 Å². The summed E-state index contributed by atoms with van der Waals surface area (Å²) >= 11 is 0. The summed E-state index contributed by atoms with van der Waals surface area (Å²) in [5.74, 6) is -2.64. The number of ether oxygens (including phenoxy) is 2. The van der Waals surface area contributed by atoms with Crippen LogP contribution in [0.1, 0.15) is 58.4 Å². The molecule has 0 saturated heterocycles. The number of H-pyrrole nitrogens is 1. The van der Waals surface area contributed by atoms with Crippen LogP contribution in [0.3, 0.4) is 0 Å². The van der Waals surface area contributed by atoms with Crippen LogP contribution < -0.4 is 20.7 Å². The van der Waals surface area contributed by atoms with Gasteiger partial charge in [-0.25, -0.2) is 14.6 Å². The molecule has 16 nitrogen and oxygen atoms in total. The van der Waals surface area contributed by atoms with E-state index in [1.165, 1.54) is 0 Å². The van der Waals surface area contributed by atoms with Gasteiger partial charge in [0, 0.05) is 54.5 Å². The third-order valence-electron chi connectivity index (χ3n) is 9.45. The van der Waals surface area contributed by atoms with Gasteiger partial charge in [0.05, 0.1) is 6.61 Å². The smallest absolute Gasteiger partial charge is 0.478 e. The summed E-state index contributed by atoms with van der Waals surface area (Å²) < 4.78 is 42.9.